The Morgan fingerprint density at radius 3 is 2.82 bits per heavy atom. The van der Waals surface area contributed by atoms with Crippen LogP contribution in [0.4, 0.5) is 0 Å². The molecule has 2 fully saturated rings. The molecule has 0 unspecified atom stereocenters. The normalized spacial score (nSPS) is 22.7. The molecule has 4 rings (SSSR count). The first-order valence-corrected chi connectivity index (χ1v) is 10.8. The Balaban J connectivity index is 1.62. The SMILES string of the molecule is COc1ccc(-c2nnc(S[C@@H]3CCCCNC3=O)n2C[C@@H]2CCCO2)cc1. The molecule has 1 aromatic heterocycles. The largest absolute Gasteiger partial charge is 0.497 e. The fourth-order valence-corrected chi connectivity index (χ4v) is 4.74. The van der Waals surface area contributed by atoms with Gasteiger partial charge in [0.05, 0.1) is 25.0 Å². The molecule has 1 amide bonds. The predicted molar refractivity (Wildman–Crippen MR) is 107 cm³/mol. The summed E-state index contributed by atoms with van der Waals surface area (Å²) < 4.78 is 13.2. The summed E-state index contributed by atoms with van der Waals surface area (Å²) in [5.74, 6) is 1.70. The van der Waals surface area contributed by atoms with Gasteiger partial charge in [0.2, 0.25) is 5.91 Å². The van der Waals surface area contributed by atoms with Crippen molar-refractivity contribution < 1.29 is 14.3 Å². The van der Waals surface area contributed by atoms with Crippen molar-refractivity contribution in [2.24, 2.45) is 0 Å². The quantitative estimate of drug-likeness (QED) is 0.801. The zero-order valence-electron chi connectivity index (χ0n) is 16.1. The first-order chi connectivity index (χ1) is 13.7. The van der Waals surface area contributed by atoms with Gasteiger partial charge in [-0.2, -0.15) is 0 Å². The lowest BCUT2D eigenvalue weighted by Crippen LogP contribution is -2.31. The van der Waals surface area contributed by atoms with Gasteiger partial charge in [-0.25, -0.2) is 0 Å². The molecule has 8 heteroatoms. The standard InChI is InChI=1S/C20H26N4O3S/c1-26-15-9-7-14(8-10-15)18-22-23-20(24(18)13-16-5-4-12-27-16)28-17-6-2-3-11-21-19(17)25/h7-10,16-17H,2-6,11-13H2,1H3,(H,21,25)/t16-,17+/m0/s1. The number of carbonyl (C=O) groups is 1. The van der Waals surface area contributed by atoms with Gasteiger partial charge in [0.1, 0.15) is 5.75 Å². The van der Waals surface area contributed by atoms with E-state index in [1.54, 1.807) is 7.11 Å². The van der Waals surface area contributed by atoms with Crippen molar-refractivity contribution in [2.45, 2.75) is 55.2 Å². The number of methoxy groups -OCH3 is 1. The zero-order valence-corrected chi connectivity index (χ0v) is 16.9. The third kappa shape index (κ3) is 4.33. The number of nitrogens with one attached hydrogen (secondary N) is 1. The van der Waals surface area contributed by atoms with Gasteiger partial charge >= 0.3 is 0 Å². The third-order valence-electron chi connectivity index (χ3n) is 5.21. The molecule has 2 aliphatic rings. The van der Waals surface area contributed by atoms with E-state index in [1.165, 1.54) is 11.8 Å². The van der Waals surface area contributed by atoms with Crippen LogP contribution in [0.2, 0.25) is 0 Å². The predicted octanol–water partition coefficient (Wildman–Crippen LogP) is 2.89. The van der Waals surface area contributed by atoms with E-state index in [-0.39, 0.29) is 17.3 Å². The highest BCUT2D eigenvalue weighted by atomic mass is 32.2. The van der Waals surface area contributed by atoms with Gasteiger partial charge in [0, 0.05) is 18.7 Å². The molecule has 2 saturated heterocycles. The van der Waals surface area contributed by atoms with Crippen molar-refractivity contribution in [3.63, 3.8) is 0 Å². The fraction of sp³-hybridized carbons (Fsp3) is 0.550. The molecule has 0 bridgehead atoms. The van der Waals surface area contributed by atoms with E-state index < -0.39 is 0 Å². The van der Waals surface area contributed by atoms with Crippen LogP contribution < -0.4 is 10.1 Å². The van der Waals surface area contributed by atoms with Gasteiger partial charge in [0.25, 0.3) is 0 Å². The Bertz CT molecular complexity index is 802. The van der Waals surface area contributed by atoms with Crippen LogP contribution in [0.15, 0.2) is 29.4 Å². The number of rotatable bonds is 6. The summed E-state index contributed by atoms with van der Waals surface area (Å²) in [6.45, 7) is 2.26. The Labute approximate surface area is 169 Å². The molecule has 3 heterocycles. The number of nitrogens with zero attached hydrogens (tertiary/aromatic N) is 3. The Kier molecular flexibility index (Phi) is 6.17. The van der Waals surface area contributed by atoms with E-state index in [1.807, 2.05) is 24.3 Å². The monoisotopic (exact) mass is 402 g/mol. The van der Waals surface area contributed by atoms with Crippen molar-refractivity contribution in [3.8, 4) is 17.1 Å². The second kappa shape index (κ2) is 8.96. The lowest BCUT2D eigenvalue weighted by molar-refractivity contribution is -0.120. The van der Waals surface area contributed by atoms with Crippen LogP contribution in [0.5, 0.6) is 5.75 Å². The maximum Gasteiger partial charge on any atom is 0.233 e. The summed E-state index contributed by atoms with van der Waals surface area (Å²) in [6, 6.07) is 7.82. The summed E-state index contributed by atoms with van der Waals surface area (Å²) >= 11 is 1.52. The van der Waals surface area contributed by atoms with E-state index in [4.69, 9.17) is 9.47 Å². The van der Waals surface area contributed by atoms with Crippen LogP contribution in [0.25, 0.3) is 11.4 Å². The molecule has 28 heavy (non-hydrogen) atoms. The maximum absolute atomic E-state index is 12.4. The van der Waals surface area contributed by atoms with Crippen LogP contribution in [0.3, 0.4) is 0 Å². The molecule has 1 N–H and O–H groups in total. The molecule has 2 aromatic rings. The van der Waals surface area contributed by atoms with Crippen LogP contribution in [0, 0.1) is 0 Å². The second-order valence-electron chi connectivity index (χ2n) is 7.17. The molecule has 0 aliphatic carbocycles. The van der Waals surface area contributed by atoms with Crippen LogP contribution in [0.1, 0.15) is 32.1 Å². The maximum atomic E-state index is 12.4. The lowest BCUT2D eigenvalue weighted by Gasteiger charge is -2.17. The summed E-state index contributed by atoms with van der Waals surface area (Å²) in [6.07, 6.45) is 5.22. The van der Waals surface area contributed by atoms with E-state index in [0.717, 1.165) is 67.5 Å². The van der Waals surface area contributed by atoms with E-state index in [2.05, 4.69) is 20.1 Å². The molecule has 1 aromatic carbocycles. The summed E-state index contributed by atoms with van der Waals surface area (Å²) in [4.78, 5) is 12.4. The van der Waals surface area contributed by atoms with Crippen molar-refractivity contribution in [1.82, 2.24) is 20.1 Å². The number of thioether (sulfide) groups is 1. The van der Waals surface area contributed by atoms with Gasteiger partial charge in [-0.1, -0.05) is 18.2 Å². The molecular weight excluding hydrogens is 376 g/mol. The summed E-state index contributed by atoms with van der Waals surface area (Å²) in [5.41, 5.74) is 0.975. The Hall–Kier alpha value is -2.06. The average Bonchev–Trinajstić information content (AvgIpc) is 3.32. The van der Waals surface area contributed by atoms with Gasteiger partial charge in [-0.15, -0.1) is 10.2 Å². The number of ether oxygens (including phenoxy) is 2. The number of hydrogen-bond donors (Lipinski definition) is 1. The zero-order chi connectivity index (χ0) is 19.3. The van der Waals surface area contributed by atoms with Crippen molar-refractivity contribution in [3.05, 3.63) is 24.3 Å². The lowest BCUT2D eigenvalue weighted by atomic mass is 10.2. The van der Waals surface area contributed by atoms with Gasteiger partial charge in [-0.3, -0.25) is 9.36 Å². The number of carbonyl (C=O) groups excluding carboxylic acids is 1. The highest BCUT2D eigenvalue weighted by Gasteiger charge is 2.27. The molecule has 2 aliphatic heterocycles. The Morgan fingerprint density at radius 2 is 2.07 bits per heavy atom. The van der Waals surface area contributed by atoms with E-state index in [9.17, 15) is 4.79 Å². The molecule has 7 nitrogen and oxygen atoms in total. The minimum atomic E-state index is -0.126. The molecule has 0 saturated carbocycles. The third-order valence-corrected chi connectivity index (χ3v) is 6.45. The smallest absolute Gasteiger partial charge is 0.233 e. The van der Waals surface area contributed by atoms with E-state index in [0.29, 0.717) is 6.54 Å². The molecule has 0 spiro atoms. The fourth-order valence-electron chi connectivity index (χ4n) is 3.64. The molecule has 2 atom stereocenters. The first-order valence-electron chi connectivity index (χ1n) is 9.88. The first kappa shape index (κ1) is 19.3. The van der Waals surface area contributed by atoms with Gasteiger partial charge < -0.3 is 14.8 Å². The Morgan fingerprint density at radius 1 is 1.21 bits per heavy atom. The highest BCUT2D eigenvalue weighted by molar-refractivity contribution is 8.00. The topological polar surface area (TPSA) is 78.3 Å². The average molecular weight is 403 g/mol. The molecular formula is C20H26N4O3S. The van der Waals surface area contributed by atoms with Crippen molar-refractivity contribution >= 4 is 17.7 Å². The van der Waals surface area contributed by atoms with Crippen molar-refractivity contribution in [1.29, 1.82) is 0 Å². The number of aromatic nitrogens is 3. The highest BCUT2D eigenvalue weighted by Crippen LogP contribution is 2.31. The molecule has 150 valence electrons. The van der Waals surface area contributed by atoms with Gasteiger partial charge in [0.15, 0.2) is 11.0 Å². The minimum absolute atomic E-state index is 0.0974. The number of amides is 1. The van der Waals surface area contributed by atoms with Crippen LogP contribution in [-0.2, 0) is 16.1 Å². The van der Waals surface area contributed by atoms with Gasteiger partial charge in [-0.05, 0) is 49.9 Å². The van der Waals surface area contributed by atoms with Crippen LogP contribution in [-0.4, -0.2) is 52.3 Å². The second-order valence-corrected chi connectivity index (χ2v) is 8.34. The van der Waals surface area contributed by atoms with Crippen molar-refractivity contribution in [2.75, 3.05) is 20.3 Å². The minimum Gasteiger partial charge on any atom is -0.497 e. The summed E-state index contributed by atoms with van der Waals surface area (Å²) in [5, 5.41) is 12.6. The van der Waals surface area contributed by atoms with Crippen LogP contribution >= 0.6 is 11.8 Å². The summed E-state index contributed by atoms with van der Waals surface area (Å²) in [7, 11) is 1.65. The molecule has 0 radical (unpaired) electrons. The van der Waals surface area contributed by atoms with E-state index >= 15 is 0 Å². The number of hydrogen-bond acceptors (Lipinski definition) is 6. The number of benzene rings is 1.